The summed E-state index contributed by atoms with van der Waals surface area (Å²) in [6.45, 7) is 5.47. The molecule has 0 bridgehead atoms. The van der Waals surface area contributed by atoms with Crippen LogP contribution in [0, 0.1) is 13.8 Å². The third kappa shape index (κ3) is 4.96. The highest BCUT2D eigenvalue weighted by Crippen LogP contribution is 2.23. The van der Waals surface area contributed by atoms with Gasteiger partial charge in [0, 0.05) is 34.7 Å². The van der Waals surface area contributed by atoms with E-state index in [0.29, 0.717) is 11.4 Å². The zero-order valence-electron chi connectivity index (χ0n) is 17.2. The Hall–Kier alpha value is -3.39. The van der Waals surface area contributed by atoms with Crippen molar-refractivity contribution in [2.24, 2.45) is 0 Å². The summed E-state index contributed by atoms with van der Waals surface area (Å²) in [5.41, 5.74) is 3.46. The molecule has 1 N–H and O–H groups in total. The van der Waals surface area contributed by atoms with Crippen LogP contribution in [0.15, 0.2) is 48.0 Å². The van der Waals surface area contributed by atoms with Crippen molar-refractivity contribution < 1.29 is 19.1 Å². The quantitative estimate of drug-likeness (QED) is 0.454. The Morgan fingerprint density at radius 2 is 1.97 bits per heavy atom. The van der Waals surface area contributed by atoms with Crippen LogP contribution in [0.2, 0.25) is 0 Å². The summed E-state index contributed by atoms with van der Waals surface area (Å²) in [5, 5.41) is 5.49. The first kappa shape index (κ1) is 21.3. The van der Waals surface area contributed by atoms with Gasteiger partial charge in [-0.15, -0.1) is 11.3 Å². The monoisotopic (exact) mass is 425 g/mol. The number of carbonyl (C=O) groups excluding carboxylic acids is 2. The van der Waals surface area contributed by atoms with Gasteiger partial charge in [0.25, 0.3) is 5.91 Å². The van der Waals surface area contributed by atoms with Gasteiger partial charge >= 0.3 is 5.97 Å². The second kappa shape index (κ2) is 9.41. The third-order valence-electron chi connectivity index (χ3n) is 4.50. The van der Waals surface area contributed by atoms with E-state index in [0.717, 1.165) is 22.1 Å². The summed E-state index contributed by atoms with van der Waals surface area (Å²) in [6, 6.07) is 8.86. The number of aromatic nitrogens is 2. The van der Waals surface area contributed by atoms with Crippen LogP contribution in [0.3, 0.4) is 0 Å². The summed E-state index contributed by atoms with van der Waals surface area (Å²) in [5.74, 6) is -0.317. The Kier molecular flexibility index (Phi) is 6.68. The van der Waals surface area contributed by atoms with Crippen molar-refractivity contribution in [3.8, 4) is 10.9 Å². The number of esters is 1. The Bertz CT molecular complexity index is 1050. The van der Waals surface area contributed by atoms with E-state index in [2.05, 4.69) is 10.3 Å². The van der Waals surface area contributed by atoms with Crippen LogP contribution in [0.4, 0.5) is 5.69 Å². The van der Waals surface area contributed by atoms with Crippen LogP contribution in [0.25, 0.3) is 11.2 Å². The minimum atomic E-state index is -0.938. The molecule has 1 aromatic carbocycles. The number of nitrogens with one attached hydrogen (secondary N) is 1. The number of hydrogen-bond acceptors (Lipinski definition) is 6. The molecule has 1 unspecified atom stereocenters. The standard InChI is InChI=1S/C22H23N3O4S/c1-14-13-17(15(2)25(14)22-23-11-12-30-22)5-10-20(26)29-16(3)21(27)24-18-6-8-19(28-4)9-7-18/h5-13,16H,1-4H3,(H,24,27)/b10-5+. The number of methoxy groups -OCH3 is 1. The molecule has 3 rings (SSSR count). The first-order chi connectivity index (χ1) is 14.4. The van der Waals surface area contributed by atoms with Crippen molar-refractivity contribution in [1.29, 1.82) is 0 Å². The molecule has 0 spiro atoms. The van der Waals surface area contributed by atoms with Crippen LogP contribution in [0.5, 0.6) is 5.75 Å². The van der Waals surface area contributed by atoms with Crippen LogP contribution < -0.4 is 10.1 Å². The van der Waals surface area contributed by atoms with E-state index < -0.39 is 18.0 Å². The Balaban J connectivity index is 1.60. The molecule has 0 aliphatic heterocycles. The normalized spacial score (nSPS) is 12.0. The summed E-state index contributed by atoms with van der Waals surface area (Å²) < 4.78 is 12.3. The maximum absolute atomic E-state index is 12.3. The van der Waals surface area contributed by atoms with E-state index >= 15 is 0 Å². The topological polar surface area (TPSA) is 82.5 Å². The predicted octanol–water partition coefficient (Wildman–Crippen LogP) is 4.14. The number of aryl methyl sites for hydroxylation is 1. The zero-order valence-corrected chi connectivity index (χ0v) is 18.0. The van der Waals surface area contributed by atoms with Gasteiger partial charge in [0.05, 0.1) is 7.11 Å². The van der Waals surface area contributed by atoms with Gasteiger partial charge in [0.2, 0.25) is 0 Å². The van der Waals surface area contributed by atoms with Gasteiger partial charge in [-0.3, -0.25) is 9.36 Å². The lowest BCUT2D eigenvalue weighted by atomic mass is 10.2. The molecule has 156 valence electrons. The molecule has 0 radical (unpaired) electrons. The first-order valence-electron chi connectivity index (χ1n) is 9.31. The number of carbonyl (C=O) groups is 2. The summed E-state index contributed by atoms with van der Waals surface area (Å²) in [7, 11) is 1.57. The minimum Gasteiger partial charge on any atom is -0.497 e. The minimum absolute atomic E-state index is 0.413. The Morgan fingerprint density at radius 1 is 1.23 bits per heavy atom. The molecule has 1 atom stereocenters. The molecule has 30 heavy (non-hydrogen) atoms. The van der Waals surface area contributed by atoms with E-state index in [1.54, 1.807) is 55.0 Å². The SMILES string of the molecule is COc1ccc(NC(=O)C(C)OC(=O)/C=C/c2cc(C)n(-c3nccs3)c2C)cc1. The number of amides is 1. The Morgan fingerprint density at radius 3 is 2.60 bits per heavy atom. The summed E-state index contributed by atoms with van der Waals surface area (Å²) in [6.07, 6.45) is 3.82. The fourth-order valence-electron chi connectivity index (χ4n) is 2.92. The van der Waals surface area contributed by atoms with Gasteiger partial charge in [0.15, 0.2) is 11.2 Å². The number of hydrogen-bond donors (Lipinski definition) is 1. The molecular weight excluding hydrogens is 402 g/mol. The van der Waals surface area contributed by atoms with E-state index in [1.807, 2.05) is 29.9 Å². The van der Waals surface area contributed by atoms with Crippen LogP contribution in [-0.2, 0) is 14.3 Å². The lowest BCUT2D eigenvalue weighted by Crippen LogP contribution is -2.29. The van der Waals surface area contributed by atoms with E-state index in [-0.39, 0.29) is 0 Å². The van der Waals surface area contributed by atoms with Crippen LogP contribution >= 0.6 is 11.3 Å². The molecule has 0 aliphatic carbocycles. The zero-order chi connectivity index (χ0) is 21.7. The van der Waals surface area contributed by atoms with E-state index in [1.165, 1.54) is 13.0 Å². The molecule has 0 fully saturated rings. The average Bonchev–Trinajstić information content (AvgIpc) is 3.34. The van der Waals surface area contributed by atoms with Crippen molar-refractivity contribution in [2.45, 2.75) is 26.9 Å². The van der Waals surface area contributed by atoms with E-state index in [9.17, 15) is 9.59 Å². The van der Waals surface area contributed by atoms with E-state index in [4.69, 9.17) is 9.47 Å². The number of anilines is 1. The molecule has 7 nitrogen and oxygen atoms in total. The molecule has 0 saturated carbocycles. The fraction of sp³-hybridized carbons (Fsp3) is 0.227. The second-order valence-electron chi connectivity index (χ2n) is 6.61. The maximum atomic E-state index is 12.3. The maximum Gasteiger partial charge on any atom is 0.331 e. The van der Waals surface area contributed by atoms with Crippen LogP contribution in [0.1, 0.15) is 23.9 Å². The number of thiazole rings is 1. The summed E-state index contributed by atoms with van der Waals surface area (Å²) >= 11 is 1.54. The van der Waals surface area contributed by atoms with Gasteiger partial charge in [-0.25, -0.2) is 9.78 Å². The highest BCUT2D eigenvalue weighted by molar-refractivity contribution is 7.12. The number of benzene rings is 1. The second-order valence-corrected chi connectivity index (χ2v) is 7.48. The average molecular weight is 426 g/mol. The third-order valence-corrected chi connectivity index (χ3v) is 5.26. The summed E-state index contributed by atoms with van der Waals surface area (Å²) in [4.78, 5) is 28.8. The van der Waals surface area contributed by atoms with Crippen molar-refractivity contribution >= 4 is 35.0 Å². The number of rotatable bonds is 7. The molecule has 8 heteroatoms. The lowest BCUT2D eigenvalue weighted by Gasteiger charge is -2.12. The smallest absolute Gasteiger partial charge is 0.331 e. The van der Waals surface area contributed by atoms with Gasteiger partial charge < -0.3 is 14.8 Å². The molecule has 1 amide bonds. The highest BCUT2D eigenvalue weighted by Gasteiger charge is 2.17. The van der Waals surface area contributed by atoms with Crippen molar-refractivity contribution in [2.75, 3.05) is 12.4 Å². The van der Waals surface area contributed by atoms with Crippen molar-refractivity contribution in [3.63, 3.8) is 0 Å². The lowest BCUT2D eigenvalue weighted by molar-refractivity contribution is -0.148. The first-order valence-corrected chi connectivity index (χ1v) is 10.2. The van der Waals surface area contributed by atoms with Crippen LogP contribution in [-0.4, -0.2) is 34.6 Å². The largest absolute Gasteiger partial charge is 0.497 e. The van der Waals surface area contributed by atoms with Gasteiger partial charge in [-0.1, -0.05) is 0 Å². The molecule has 2 heterocycles. The predicted molar refractivity (Wildman–Crippen MR) is 117 cm³/mol. The molecule has 2 aromatic heterocycles. The van der Waals surface area contributed by atoms with Gasteiger partial charge in [-0.2, -0.15) is 0 Å². The molecule has 3 aromatic rings. The number of nitrogens with zero attached hydrogens (tertiary/aromatic N) is 2. The highest BCUT2D eigenvalue weighted by atomic mass is 32.1. The van der Waals surface area contributed by atoms with Gasteiger partial charge in [-0.05, 0) is 62.7 Å². The van der Waals surface area contributed by atoms with Crippen molar-refractivity contribution in [3.05, 3.63) is 64.9 Å². The van der Waals surface area contributed by atoms with Crippen molar-refractivity contribution in [1.82, 2.24) is 9.55 Å². The molecule has 0 aliphatic rings. The molecule has 0 saturated heterocycles. The fourth-order valence-corrected chi connectivity index (χ4v) is 3.67. The molecular formula is C22H23N3O4S. The van der Waals surface area contributed by atoms with Gasteiger partial charge in [0.1, 0.15) is 5.75 Å². The Labute approximate surface area is 179 Å². The number of ether oxygens (including phenoxy) is 2.